The van der Waals surface area contributed by atoms with E-state index in [2.05, 4.69) is 19.0 Å². The number of benzene rings is 1. The van der Waals surface area contributed by atoms with Gasteiger partial charge in [0, 0.05) is 16.2 Å². The quantitative estimate of drug-likeness (QED) is 0.280. The van der Waals surface area contributed by atoms with E-state index in [4.69, 9.17) is 10.9 Å². The molecule has 0 fully saturated rings. The molecule has 0 amide bonds. The molecule has 0 aromatic heterocycles. The van der Waals surface area contributed by atoms with Crippen molar-refractivity contribution < 1.29 is 9.60 Å². The molecule has 0 heterocycles. The summed E-state index contributed by atoms with van der Waals surface area (Å²) < 4.78 is 13.1. The van der Waals surface area contributed by atoms with Gasteiger partial charge in [0.2, 0.25) is 0 Å². The van der Waals surface area contributed by atoms with Crippen LogP contribution in [0.1, 0.15) is 25.8 Å². The van der Waals surface area contributed by atoms with Gasteiger partial charge in [-0.05, 0) is 24.1 Å². The summed E-state index contributed by atoms with van der Waals surface area (Å²) in [4.78, 5) is 0.835. The highest BCUT2D eigenvalue weighted by Crippen LogP contribution is 2.26. The van der Waals surface area contributed by atoms with Crippen molar-refractivity contribution in [1.29, 1.82) is 0 Å². The maximum absolute atomic E-state index is 13.1. The van der Waals surface area contributed by atoms with E-state index in [-0.39, 0.29) is 11.7 Å². The number of halogens is 1. The predicted octanol–water partition coefficient (Wildman–Crippen LogP) is 3.06. The van der Waals surface area contributed by atoms with Crippen LogP contribution in [0.15, 0.2) is 28.3 Å². The number of thioether (sulfide) groups is 1. The Morgan fingerprint density at radius 2 is 2.29 bits per heavy atom. The number of hydrogen-bond acceptors (Lipinski definition) is 3. The molecule has 0 aliphatic carbocycles. The second-order valence-electron chi connectivity index (χ2n) is 3.95. The third-order valence-corrected chi connectivity index (χ3v) is 3.95. The summed E-state index contributed by atoms with van der Waals surface area (Å²) in [6, 6.07) is 4.33. The molecule has 0 aliphatic rings. The molecule has 0 saturated carbocycles. The van der Waals surface area contributed by atoms with Crippen LogP contribution in [-0.4, -0.2) is 16.8 Å². The van der Waals surface area contributed by atoms with Crippen LogP contribution in [0.4, 0.5) is 4.39 Å². The number of hydrogen-bond donors (Lipinski definition) is 2. The van der Waals surface area contributed by atoms with E-state index in [9.17, 15) is 4.39 Å². The summed E-state index contributed by atoms with van der Waals surface area (Å²) in [6.07, 6.45) is 1.09. The highest BCUT2D eigenvalue weighted by atomic mass is 32.2. The first kappa shape index (κ1) is 13.8. The second-order valence-corrected chi connectivity index (χ2v) is 5.01. The monoisotopic (exact) mass is 256 g/mol. The molecule has 5 heteroatoms. The Balaban J connectivity index is 2.91. The number of rotatable bonds is 5. The average molecular weight is 256 g/mol. The first-order chi connectivity index (χ1) is 8.08. The Bertz CT molecular complexity index is 409. The number of oxime groups is 1. The fraction of sp³-hybridized carbons (Fsp3) is 0.417. The van der Waals surface area contributed by atoms with Crippen molar-refractivity contribution in [3.63, 3.8) is 0 Å². The minimum Gasteiger partial charge on any atom is -0.409 e. The van der Waals surface area contributed by atoms with E-state index in [1.807, 2.05) is 0 Å². The Morgan fingerprint density at radius 1 is 1.59 bits per heavy atom. The maximum Gasteiger partial charge on any atom is 0.171 e. The molecule has 1 aromatic rings. The second kappa shape index (κ2) is 6.49. The van der Waals surface area contributed by atoms with Crippen molar-refractivity contribution in [3.05, 3.63) is 29.6 Å². The molecule has 0 spiro atoms. The topological polar surface area (TPSA) is 58.6 Å². The summed E-state index contributed by atoms with van der Waals surface area (Å²) in [6.45, 7) is 4.28. The van der Waals surface area contributed by atoms with Crippen LogP contribution in [-0.2, 0) is 0 Å². The van der Waals surface area contributed by atoms with Gasteiger partial charge >= 0.3 is 0 Å². The third-order valence-electron chi connectivity index (χ3n) is 2.55. The Morgan fingerprint density at radius 3 is 2.88 bits per heavy atom. The molecule has 0 aliphatic heterocycles. The van der Waals surface area contributed by atoms with Crippen LogP contribution in [0.5, 0.6) is 0 Å². The first-order valence-electron chi connectivity index (χ1n) is 5.48. The molecule has 94 valence electrons. The van der Waals surface area contributed by atoms with E-state index in [1.165, 1.54) is 12.1 Å². The van der Waals surface area contributed by atoms with Crippen molar-refractivity contribution in [2.24, 2.45) is 16.8 Å². The van der Waals surface area contributed by atoms with E-state index in [1.54, 1.807) is 17.8 Å². The lowest BCUT2D eigenvalue weighted by Gasteiger charge is -2.11. The van der Waals surface area contributed by atoms with Crippen LogP contribution < -0.4 is 5.73 Å². The van der Waals surface area contributed by atoms with E-state index in [0.717, 1.165) is 17.1 Å². The SMILES string of the molecule is CCC(C)CSc1ccc(F)cc1/C(N)=N/O. The third kappa shape index (κ3) is 3.93. The van der Waals surface area contributed by atoms with E-state index >= 15 is 0 Å². The van der Waals surface area contributed by atoms with Gasteiger partial charge in [-0.25, -0.2) is 4.39 Å². The molecule has 17 heavy (non-hydrogen) atoms. The average Bonchev–Trinajstić information content (AvgIpc) is 2.35. The normalized spacial score (nSPS) is 13.7. The fourth-order valence-corrected chi connectivity index (χ4v) is 2.42. The van der Waals surface area contributed by atoms with Gasteiger partial charge in [-0.3, -0.25) is 0 Å². The van der Waals surface area contributed by atoms with Gasteiger partial charge in [0.15, 0.2) is 5.84 Å². The lowest BCUT2D eigenvalue weighted by molar-refractivity contribution is 0.318. The molecule has 0 saturated heterocycles. The van der Waals surface area contributed by atoms with Crippen molar-refractivity contribution in [3.8, 4) is 0 Å². The number of amidine groups is 1. The summed E-state index contributed by atoms with van der Waals surface area (Å²) in [5, 5.41) is 11.6. The summed E-state index contributed by atoms with van der Waals surface area (Å²) in [5.41, 5.74) is 5.97. The Labute approximate surface area is 105 Å². The molecule has 1 atom stereocenters. The Hall–Kier alpha value is -1.23. The van der Waals surface area contributed by atoms with Gasteiger partial charge in [-0.1, -0.05) is 25.4 Å². The molecule has 1 rings (SSSR count). The molecular formula is C12H17FN2OS. The molecule has 0 radical (unpaired) electrons. The van der Waals surface area contributed by atoms with Crippen LogP contribution in [0.2, 0.25) is 0 Å². The minimum absolute atomic E-state index is 0.0591. The van der Waals surface area contributed by atoms with Crippen LogP contribution in [0.3, 0.4) is 0 Å². The van der Waals surface area contributed by atoms with Crippen molar-refractivity contribution in [2.45, 2.75) is 25.2 Å². The lowest BCUT2D eigenvalue weighted by atomic mass is 10.2. The van der Waals surface area contributed by atoms with Crippen molar-refractivity contribution in [2.75, 3.05) is 5.75 Å². The standard InChI is InChI=1S/C12H17FN2OS/c1-3-8(2)7-17-11-5-4-9(13)6-10(11)12(14)15-16/h4-6,8,16H,3,7H2,1-2H3,(H2,14,15). The highest BCUT2D eigenvalue weighted by molar-refractivity contribution is 7.99. The van der Waals surface area contributed by atoms with Gasteiger partial charge in [0.05, 0.1) is 0 Å². The van der Waals surface area contributed by atoms with Gasteiger partial charge in [-0.15, -0.1) is 11.8 Å². The highest BCUT2D eigenvalue weighted by Gasteiger charge is 2.10. The van der Waals surface area contributed by atoms with Crippen molar-refractivity contribution in [1.82, 2.24) is 0 Å². The van der Waals surface area contributed by atoms with Gasteiger partial charge in [-0.2, -0.15) is 0 Å². The summed E-state index contributed by atoms with van der Waals surface area (Å²) in [7, 11) is 0. The maximum atomic E-state index is 13.1. The minimum atomic E-state index is -0.389. The molecule has 3 nitrogen and oxygen atoms in total. The molecule has 1 aromatic carbocycles. The molecule has 0 bridgehead atoms. The molecule has 3 N–H and O–H groups in total. The lowest BCUT2D eigenvalue weighted by Crippen LogP contribution is -2.14. The zero-order valence-corrected chi connectivity index (χ0v) is 10.8. The zero-order valence-electron chi connectivity index (χ0n) is 9.98. The van der Waals surface area contributed by atoms with Gasteiger partial charge in [0.1, 0.15) is 5.82 Å². The molecular weight excluding hydrogens is 239 g/mol. The van der Waals surface area contributed by atoms with Crippen LogP contribution >= 0.6 is 11.8 Å². The first-order valence-corrected chi connectivity index (χ1v) is 6.47. The number of nitrogens with two attached hydrogens (primary N) is 1. The van der Waals surface area contributed by atoms with E-state index in [0.29, 0.717) is 11.5 Å². The van der Waals surface area contributed by atoms with Crippen molar-refractivity contribution >= 4 is 17.6 Å². The van der Waals surface area contributed by atoms with Crippen LogP contribution in [0, 0.1) is 11.7 Å². The van der Waals surface area contributed by atoms with Gasteiger partial charge in [0.25, 0.3) is 0 Å². The summed E-state index contributed by atoms with van der Waals surface area (Å²) in [5.74, 6) is 1.05. The molecule has 1 unspecified atom stereocenters. The smallest absolute Gasteiger partial charge is 0.171 e. The predicted molar refractivity (Wildman–Crippen MR) is 69.1 cm³/mol. The number of nitrogens with zero attached hydrogens (tertiary/aromatic N) is 1. The van der Waals surface area contributed by atoms with Crippen LogP contribution in [0.25, 0.3) is 0 Å². The zero-order chi connectivity index (χ0) is 12.8. The fourth-order valence-electron chi connectivity index (χ4n) is 1.23. The van der Waals surface area contributed by atoms with Gasteiger partial charge < -0.3 is 10.9 Å². The van der Waals surface area contributed by atoms with E-state index < -0.39 is 0 Å². The Kier molecular flexibility index (Phi) is 5.28. The summed E-state index contributed by atoms with van der Waals surface area (Å²) >= 11 is 1.59. The largest absolute Gasteiger partial charge is 0.409 e.